The molecule has 0 aliphatic rings. The van der Waals surface area contributed by atoms with Crippen molar-refractivity contribution in [3.05, 3.63) is 49.7 Å². The number of carbonyl (C=O) groups is 1. The molecule has 0 saturated carbocycles. The lowest BCUT2D eigenvalue weighted by Gasteiger charge is -2.12. The van der Waals surface area contributed by atoms with Crippen LogP contribution in [0.4, 0.5) is 5.69 Å². The number of rotatable bonds is 7. The van der Waals surface area contributed by atoms with E-state index < -0.39 is 10.8 Å². The second kappa shape index (κ2) is 7.78. The van der Waals surface area contributed by atoms with Crippen molar-refractivity contribution in [3.63, 3.8) is 0 Å². The highest BCUT2D eigenvalue weighted by Gasteiger charge is 2.24. The number of nitrogens with zero attached hydrogens (tertiary/aromatic N) is 1. The first-order valence-corrected chi connectivity index (χ1v) is 8.16. The van der Waals surface area contributed by atoms with E-state index in [0.717, 1.165) is 10.4 Å². The normalized spacial score (nSPS) is 10.3. The quantitative estimate of drug-likeness (QED) is 0.611. The van der Waals surface area contributed by atoms with Crippen LogP contribution in [-0.4, -0.2) is 24.5 Å². The molecule has 8 heteroatoms. The summed E-state index contributed by atoms with van der Waals surface area (Å²) in [6.45, 7) is 4.35. The Balaban J connectivity index is 2.31. The Morgan fingerprint density at radius 2 is 2.12 bits per heavy atom. The van der Waals surface area contributed by atoms with Gasteiger partial charge in [0, 0.05) is 10.9 Å². The van der Waals surface area contributed by atoms with Crippen molar-refractivity contribution < 1.29 is 19.2 Å². The van der Waals surface area contributed by atoms with Gasteiger partial charge in [-0.25, -0.2) is 0 Å². The van der Waals surface area contributed by atoms with Gasteiger partial charge in [0.25, 0.3) is 11.6 Å². The number of thiophene rings is 1. The number of hydrogen-bond donors (Lipinski definition) is 1. The number of amides is 1. The van der Waals surface area contributed by atoms with Crippen LogP contribution in [0.1, 0.15) is 27.7 Å². The fraction of sp³-hybridized carbons (Fsp3) is 0.312. The first-order chi connectivity index (χ1) is 11.5. The predicted octanol–water partition coefficient (Wildman–Crippen LogP) is 3.30. The summed E-state index contributed by atoms with van der Waals surface area (Å²) >= 11 is 1.52. The maximum absolute atomic E-state index is 12.4. The van der Waals surface area contributed by atoms with Crippen LogP contribution in [-0.2, 0) is 6.54 Å². The van der Waals surface area contributed by atoms with E-state index in [2.05, 4.69) is 5.32 Å². The van der Waals surface area contributed by atoms with Gasteiger partial charge in [0.05, 0.1) is 31.3 Å². The molecule has 0 saturated heterocycles. The van der Waals surface area contributed by atoms with Gasteiger partial charge in [-0.3, -0.25) is 14.9 Å². The second-order valence-electron chi connectivity index (χ2n) is 4.92. The molecule has 0 bridgehead atoms. The van der Waals surface area contributed by atoms with Gasteiger partial charge in [0.1, 0.15) is 5.56 Å². The van der Waals surface area contributed by atoms with Crippen LogP contribution in [0.3, 0.4) is 0 Å². The minimum absolute atomic E-state index is 0.0606. The fourth-order valence-corrected chi connectivity index (χ4v) is 3.00. The summed E-state index contributed by atoms with van der Waals surface area (Å²) in [6.07, 6.45) is 0. The summed E-state index contributed by atoms with van der Waals surface area (Å²) < 4.78 is 10.5. The van der Waals surface area contributed by atoms with E-state index in [0.29, 0.717) is 13.2 Å². The molecule has 0 aliphatic heterocycles. The number of nitro groups is 1. The van der Waals surface area contributed by atoms with Crippen LogP contribution in [0, 0.1) is 17.0 Å². The summed E-state index contributed by atoms with van der Waals surface area (Å²) in [4.78, 5) is 24.1. The van der Waals surface area contributed by atoms with E-state index in [1.807, 2.05) is 18.4 Å². The second-order valence-corrected chi connectivity index (χ2v) is 5.92. The average Bonchev–Trinajstić information content (AvgIpc) is 2.97. The van der Waals surface area contributed by atoms with Crippen LogP contribution in [0.15, 0.2) is 23.6 Å². The molecular weight excluding hydrogens is 332 g/mol. The number of nitro benzene ring substituents is 1. The van der Waals surface area contributed by atoms with Crippen LogP contribution < -0.4 is 14.8 Å². The van der Waals surface area contributed by atoms with Crippen molar-refractivity contribution >= 4 is 22.9 Å². The molecule has 24 heavy (non-hydrogen) atoms. The van der Waals surface area contributed by atoms with Crippen molar-refractivity contribution in [2.75, 3.05) is 13.7 Å². The van der Waals surface area contributed by atoms with E-state index in [9.17, 15) is 14.9 Å². The standard InChI is InChI=1S/C16H18N2O5S/c1-4-23-14-8-12(18(20)21)11(7-13(14)22-3)16(19)17-9-15-10(2)5-6-24-15/h5-8H,4,9H2,1-3H3,(H,17,19). The van der Waals surface area contributed by atoms with Crippen LogP contribution in [0.25, 0.3) is 0 Å². The largest absolute Gasteiger partial charge is 0.493 e. The Hall–Kier alpha value is -2.61. The number of ether oxygens (including phenoxy) is 2. The van der Waals surface area contributed by atoms with E-state index >= 15 is 0 Å². The Labute approximate surface area is 143 Å². The molecule has 0 aliphatic carbocycles. The van der Waals surface area contributed by atoms with Crippen LogP contribution in [0.2, 0.25) is 0 Å². The third kappa shape index (κ3) is 3.83. The number of benzene rings is 1. The summed E-state index contributed by atoms with van der Waals surface area (Å²) in [6, 6.07) is 4.50. The molecule has 2 rings (SSSR count). The molecule has 2 aromatic rings. The van der Waals surface area contributed by atoms with Crippen molar-refractivity contribution in [2.24, 2.45) is 0 Å². The van der Waals surface area contributed by atoms with Gasteiger partial charge in [0.15, 0.2) is 11.5 Å². The van der Waals surface area contributed by atoms with Crippen molar-refractivity contribution in [2.45, 2.75) is 20.4 Å². The number of carbonyl (C=O) groups excluding carboxylic acids is 1. The van der Waals surface area contributed by atoms with Crippen molar-refractivity contribution in [1.29, 1.82) is 0 Å². The van der Waals surface area contributed by atoms with Gasteiger partial charge in [-0.2, -0.15) is 0 Å². The van der Waals surface area contributed by atoms with Gasteiger partial charge in [0.2, 0.25) is 0 Å². The zero-order valence-electron chi connectivity index (χ0n) is 13.6. The zero-order valence-corrected chi connectivity index (χ0v) is 14.4. The van der Waals surface area contributed by atoms with E-state index in [1.165, 1.54) is 30.6 Å². The SMILES string of the molecule is CCOc1cc([N+](=O)[O-])c(C(=O)NCc2sccc2C)cc1OC. The van der Waals surface area contributed by atoms with E-state index in [1.54, 1.807) is 6.92 Å². The first-order valence-electron chi connectivity index (χ1n) is 7.28. The molecule has 1 aromatic carbocycles. The highest BCUT2D eigenvalue weighted by Crippen LogP contribution is 2.34. The lowest BCUT2D eigenvalue weighted by molar-refractivity contribution is -0.385. The number of aryl methyl sites for hydroxylation is 1. The smallest absolute Gasteiger partial charge is 0.286 e. The minimum Gasteiger partial charge on any atom is -0.493 e. The zero-order chi connectivity index (χ0) is 17.7. The molecule has 1 aromatic heterocycles. The molecular formula is C16H18N2O5S. The summed E-state index contributed by atoms with van der Waals surface area (Å²) in [5.41, 5.74) is 0.688. The Morgan fingerprint density at radius 3 is 2.67 bits per heavy atom. The molecule has 0 fully saturated rings. The van der Waals surface area contributed by atoms with Crippen LogP contribution >= 0.6 is 11.3 Å². The van der Waals surface area contributed by atoms with Gasteiger partial charge in [-0.15, -0.1) is 11.3 Å². The van der Waals surface area contributed by atoms with E-state index in [-0.39, 0.29) is 22.7 Å². The summed E-state index contributed by atoms with van der Waals surface area (Å²) in [5, 5.41) is 15.9. The molecule has 1 amide bonds. The molecule has 0 atom stereocenters. The highest BCUT2D eigenvalue weighted by molar-refractivity contribution is 7.10. The third-order valence-corrected chi connectivity index (χ3v) is 4.42. The Bertz CT molecular complexity index is 757. The molecule has 0 radical (unpaired) electrons. The maximum atomic E-state index is 12.4. The van der Waals surface area contributed by atoms with Crippen LogP contribution in [0.5, 0.6) is 11.5 Å². The molecule has 1 N–H and O–H groups in total. The van der Waals surface area contributed by atoms with Gasteiger partial charge in [-0.05, 0) is 30.9 Å². The van der Waals surface area contributed by atoms with E-state index in [4.69, 9.17) is 9.47 Å². The fourth-order valence-electron chi connectivity index (χ4n) is 2.15. The topological polar surface area (TPSA) is 90.7 Å². The number of hydrogen-bond acceptors (Lipinski definition) is 6. The molecule has 128 valence electrons. The summed E-state index contributed by atoms with van der Waals surface area (Å²) in [5.74, 6) is -0.0203. The maximum Gasteiger partial charge on any atom is 0.286 e. The molecule has 0 spiro atoms. The average molecular weight is 350 g/mol. The first kappa shape index (κ1) is 17.7. The van der Waals surface area contributed by atoms with Crippen molar-refractivity contribution in [3.8, 4) is 11.5 Å². The Kier molecular flexibility index (Phi) is 5.75. The Morgan fingerprint density at radius 1 is 1.38 bits per heavy atom. The monoisotopic (exact) mass is 350 g/mol. The van der Waals surface area contributed by atoms with Gasteiger partial charge in [-0.1, -0.05) is 0 Å². The lowest BCUT2D eigenvalue weighted by atomic mass is 10.1. The predicted molar refractivity (Wildman–Crippen MR) is 91.0 cm³/mol. The third-order valence-electron chi connectivity index (χ3n) is 3.40. The van der Waals surface area contributed by atoms with Gasteiger partial charge < -0.3 is 14.8 Å². The molecule has 7 nitrogen and oxygen atoms in total. The molecule has 0 unspecified atom stereocenters. The molecule has 1 heterocycles. The highest BCUT2D eigenvalue weighted by atomic mass is 32.1. The number of methoxy groups -OCH3 is 1. The number of nitrogens with one attached hydrogen (secondary N) is 1. The lowest BCUT2D eigenvalue weighted by Crippen LogP contribution is -2.23. The van der Waals surface area contributed by atoms with Crippen molar-refractivity contribution in [1.82, 2.24) is 5.32 Å². The minimum atomic E-state index is -0.604. The van der Waals surface area contributed by atoms with Gasteiger partial charge >= 0.3 is 0 Å². The summed E-state index contributed by atoms with van der Waals surface area (Å²) in [7, 11) is 1.42.